The van der Waals surface area contributed by atoms with E-state index in [9.17, 15) is 9.59 Å². The molecule has 1 aromatic carbocycles. The van der Waals surface area contributed by atoms with Crippen LogP contribution in [0.2, 0.25) is 5.02 Å². The summed E-state index contributed by atoms with van der Waals surface area (Å²) in [5.41, 5.74) is 5.57. The lowest BCUT2D eigenvalue weighted by Gasteiger charge is -2.07. The molecule has 2 rings (SSSR count). The van der Waals surface area contributed by atoms with E-state index in [4.69, 9.17) is 22.1 Å². The van der Waals surface area contributed by atoms with Gasteiger partial charge in [-0.25, -0.2) is 0 Å². The molecule has 0 bridgehead atoms. The van der Waals surface area contributed by atoms with Crippen molar-refractivity contribution in [1.82, 2.24) is 9.78 Å². The normalized spacial score (nSPS) is 10.7. The van der Waals surface area contributed by atoms with Gasteiger partial charge in [0.25, 0.3) is 5.91 Å². The molecule has 100 valence electrons. The van der Waals surface area contributed by atoms with E-state index in [0.29, 0.717) is 28.3 Å². The molecule has 0 aliphatic heterocycles. The topological polar surface area (TPSA) is 87.2 Å². The summed E-state index contributed by atoms with van der Waals surface area (Å²) in [7, 11) is 0. The highest BCUT2D eigenvalue weighted by Gasteiger charge is 2.22. The molecular formula is C12H12ClN3O3. The second-order valence-corrected chi connectivity index (χ2v) is 4.25. The summed E-state index contributed by atoms with van der Waals surface area (Å²) >= 11 is 6.07. The zero-order chi connectivity index (χ0) is 14.2. The van der Waals surface area contributed by atoms with Crippen LogP contribution in [0.15, 0.2) is 12.1 Å². The number of amides is 1. The van der Waals surface area contributed by atoms with Gasteiger partial charge in [0.15, 0.2) is 5.69 Å². The Balaban J connectivity index is 2.91. The highest BCUT2D eigenvalue weighted by molar-refractivity contribution is 6.37. The molecule has 2 aromatic rings. The van der Waals surface area contributed by atoms with Crippen molar-refractivity contribution in [3.8, 4) is 5.75 Å². The van der Waals surface area contributed by atoms with E-state index < -0.39 is 5.91 Å². The maximum atomic E-state index is 11.6. The summed E-state index contributed by atoms with van der Waals surface area (Å²) in [5.74, 6) is -0.682. The van der Waals surface area contributed by atoms with E-state index >= 15 is 0 Å². The second kappa shape index (κ2) is 4.89. The van der Waals surface area contributed by atoms with Crippen LogP contribution in [0.25, 0.3) is 10.9 Å². The molecule has 2 N–H and O–H groups in total. The minimum atomic E-state index is -0.749. The lowest BCUT2D eigenvalue weighted by Crippen LogP contribution is -2.14. The van der Waals surface area contributed by atoms with Crippen molar-refractivity contribution in [2.24, 2.45) is 5.73 Å². The third kappa shape index (κ3) is 2.15. The first kappa shape index (κ1) is 13.4. The Morgan fingerprint density at radius 1 is 1.47 bits per heavy atom. The van der Waals surface area contributed by atoms with Gasteiger partial charge in [-0.05, 0) is 19.1 Å². The van der Waals surface area contributed by atoms with Gasteiger partial charge in [-0.2, -0.15) is 9.78 Å². The van der Waals surface area contributed by atoms with Crippen LogP contribution < -0.4 is 10.5 Å². The van der Waals surface area contributed by atoms with E-state index in [1.54, 1.807) is 12.1 Å². The van der Waals surface area contributed by atoms with Gasteiger partial charge in [0.05, 0.1) is 17.0 Å². The Kier molecular flexibility index (Phi) is 3.44. The van der Waals surface area contributed by atoms with Gasteiger partial charge in [0.2, 0.25) is 5.91 Å². The van der Waals surface area contributed by atoms with Crippen LogP contribution in [-0.2, 0) is 0 Å². The van der Waals surface area contributed by atoms with Crippen LogP contribution >= 0.6 is 11.6 Å². The summed E-state index contributed by atoms with van der Waals surface area (Å²) in [6.07, 6.45) is 0. The molecule has 0 unspecified atom stereocenters. The van der Waals surface area contributed by atoms with Crippen LogP contribution in [-0.4, -0.2) is 28.2 Å². The van der Waals surface area contributed by atoms with Crippen molar-refractivity contribution < 1.29 is 14.3 Å². The van der Waals surface area contributed by atoms with Crippen LogP contribution in [0.3, 0.4) is 0 Å². The predicted molar refractivity (Wildman–Crippen MR) is 70.7 cm³/mol. The van der Waals surface area contributed by atoms with E-state index in [1.807, 2.05) is 6.92 Å². The molecule has 0 atom stereocenters. The lowest BCUT2D eigenvalue weighted by atomic mass is 10.2. The van der Waals surface area contributed by atoms with Crippen molar-refractivity contribution in [3.05, 3.63) is 22.8 Å². The molecule has 1 amide bonds. The van der Waals surface area contributed by atoms with Crippen LogP contribution in [0.1, 0.15) is 29.1 Å². The van der Waals surface area contributed by atoms with Gasteiger partial charge >= 0.3 is 0 Å². The van der Waals surface area contributed by atoms with Crippen molar-refractivity contribution in [1.29, 1.82) is 0 Å². The third-order valence-electron chi connectivity index (χ3n) is 2.57. The first-order valence-electron chi connectivity index (χ1n) is 5.62. The van der Waals surface area contributed by atoms with E-state index in [2.05, 4.69) is 5.10 Å². The molecular weight excluding hydrogens is 270 g/mol. The fourth-order valence-corrected chi connectivity index (χ4v) is 2.10. The van der Waals surface area contributed by atoms with Gasteiger partial charge in [-0.15, -0.1) is 0 Å². The van der Waals surface area contributed by atoms with Crippen molar-refractivity contribution in [3.63, 3.8) is 0 Å². The maximum Gasteiger partial charge on any atom is 0.269 e. The van der Waals surface area contributed by atoms with Gasteiger partial charge < -0.3 is 10.5 Å². The van der Waals surface area contributed by atoms with Crippen LogP contribution in [0.4, 0.5) is 0 Å². The summed E-state index contributed by atoms with van der Waals surface area (Å²) in [4.78, 5) is 23.0. The second-order valence-electron chi connectivity index (χ2n) is 3.85. The van der Waals surface area contributed by atoms with Crippen molar-refractivity contribution >= 4 is 34.3 Å². The quantitative estimate of drug-likeness (QED) is 0.930. The number of aromatic nitrogens is 2. The molecule has 1 heterocycles. The Hall–Kier alpha value is -2.08. The minimum absolute atomic E-state index is 0.0447. The zero-order valence-electron chi connectivity index (χ0n) is 10.4. The molecule has 0 radical (unpaired) electrons. The smallest absolute Gasteiger partial charge is 0.269 e. The highest BCUT2D eigenvalue weighted by atomic mass is 35.5. The number of benzene rings is 1. The molecule has 0 saturated heterocycles. The van der Waals surface area contributed by atoms with Gasteiger partial charge in [0, 0.05) is 6.92 Å². The van der Waals surface area contributed by atoms with E-state index in [1.165, 1.54) is 6.92 Å². The summed E-state index contributed by atoms with van der Waals surface area (Å²) in [5, 5.41) is 4.54. The number of nitrogens with zero attached hydrogens (tertiary/aromatic N) is 2. The molecule has 0 aliphatic carbocycles. The monoisotopic (exact) mass is 281 g/mol. The van der Waals surface area contributed by atoms with Gasteiger partial charge in [-0.3, -0.25) is 9.59 Å². The number of halogens is 1. The number of ether oxygens (including phenoxy) is 1. The Labute approximate surface area is 114 Å². The SMILES string of the molecule is CCOc1ccc(Cl)c2c(C(N)=O)nn(C(C)=O)c12. The zero-order valence-corrected chi connectivity index (χ0v) is 11.2. The van der Waals surface area contributed by atoms with Gasteiger partial charge in [-0.1, -0.05) is 11.6 Å². The maximum absolute atomic E-state index is 11.6. The third-order valence-corrected chi connectivity index (χ3v) is 2.89. The first-order chi connectivity index (χ1) is 8.97. The number of hydrogen-bond acceptors (Lipinski definition) is 4. The molecule has 6 nitrogen and oxygen atoms in total. The van der Waals surface area contributed by atoms with Crippen LogP contribution in [0, 0.1) is 0 Å². The molecule has 0 aliphatic rings. The Morgan fingerprint density at radius 3 is 2.68 bits per heavy atom. The molecule has 0 fully saturated rings. The minimum Gasteiger partial charge on any atom is -0.492 e. The number of carbonyl (C=O) groups excluding carboxylic acids is 2. The van der Waals surface area contributed by atoms with Crippen LogP contribution in [0.5, 0.6) is 5.75 Å². The largest absolute Gasteiger partial charge is 0.492 e. The fourth-order valence-electron chi connectivity index (χ4n) is 1.86. The number of hydrogen-bond donors (Lipinski definition) is 1. The molecule has 19 heavy (non-hydrogen) atoms. The number of primary amides is 1. The van der Waals surface area contributed by atoms with Crippen molar-refractivity contribution in [2.75, 3.05) is 6.61 Å². The van der Waals surface area contributed by atoms with E-state index in [0.717, 1.165) is 4.68 Å². The summed E-state index contributed by atoms with van der Waals surface area (Å²) < 4.78 is 6.51. The first-order valence-corrected chi connectivity index (χ1v) is 6.00. The Bertz CT molecular complexity index is 678. The number of fused-ring (bicyclic) bond motifs is 1. The lowest BCUT2D eigenvalue weighted by molar-refractivity contribution is 0.0924. The number of rotatable bonds is 3. The highest BCUT2D eigenvalue weighted by Crippen LogP contribution is 2.34. The molecule has 7 heteroatoms. The molecule has 0 spiro atoms. The summed E-state index contributed by atoms with van der Waals surface area (Å²) in [6.45, 7) is 3.55. The van der Waals surface area contributed by atoms with E-state index in [-0.39, 0.29) is 11.6 Å². The standard InChI is InChI=1S/C12H12ClN3O3/c1-3-19-8-5-4-7(13)9-10(12(14)18)15-16(6(2)17)11(8)9/h4-5H,3H2,1-2H3,(H2,14,18). The average molecular weight is 282 g/mol. The fraction of sp³-hybridized carbons (Fsp3) is 0.250. The average Bonchev–Trinajstić information content (AvgIpc) is 2.74. The molecule has 1 aromatic heterocycles. The molecule has 0 saturated carbocycles. The van der Waals surface area contributed by atoms with Gasteiger partial charge in [0.1, 0.15) is 11.3 Å². The predicted octanol–water partition coefficient (Wildman–Crippen LogP) is 1.85. The van der Waals surface area contributed by atoms with Crippen molar-refractivity contribution in [2.45, 2.75) is 13.8 Å². The Morgan fingerprint density at radius 2 is 2.16 bits per heavy atom. The summed E-state index contributed by atoms with van der Waals surface area (Å²) in [6, 6.07) is 3.20. The number of carbonyl (C=O) groups is 2. The number of nitrogens with two attached hydrogens (primary N) is 1.